The Morgan fingerprint density at radius 2 is 1.65 bits per heavy atom. The number of carbonyl (C=O) groups is 2. The van der Waals surface area contributed by atoms with Gasteiger partial charge >= 0.3 is 0 Å². The topological polar surface area (TPSA) is 101 Å². The predicted molar refractivity (Wildman–Crippen MR) is 81.3 cm³/mol. The molecule has 0 aliphatic carbocycles. The predicted octanol–water partition coefficient (Wildman–Crippen LogP) is -0.138. The van der Waals surface area contributed by atoms with E-state index in [2.05, 4.69) is 5.32 Å². The largest absolute Gasteiger partial charge is 0.343 e. The molecular weight excluding hydrogens is 256 g/mol. The van der Waals surface area contributed by atoms with Crippen LogP contribution in [0, 0.1) is 0 Å². The van der Waals surface area contributed by atoms with Crippen molar-refractivity contribution in [3.63, 3.8) is 0 Å². The Balaban J connectivity index is 3.79. The number of nitrogens with zero attached hydrogens (tertiary/aromatic N) is 1. The second-order valence-electron chi connectivity index (χ2n) is 4.83. The molecule has 0 aromatic carbocycles. The van der Waals surface area contributed by atoms with Crippen LogP contribution in [0.3, 0.4) is 0 Å². The lowest BCUT2D eigenvalue weighted by molar-refractivity contribution is -0.132. The number of hydrogen-bond donors (Lipinski definition) is 3. The lowest BCUT2D eigenvalue weighted by Gasteiger charge is -2.22. The van der Waals surface area contributed by atoms with Crippen molar-refractivity contribution in [2.24, 2.45) is 11.5 Å². The standard InChI is InChI=1S/C14H30N4O2/c15-7-4-10-17-9-1-2-11-18(12-5-8-16)14(20)6-3-13-19/h13,17H,1-12,15-16H2. The lowest BCUT2D eigenvalue weighted by Crippen LogP contribution is -2.34. The van der Waals surface area contributed by atoms with E-state index in [4.69, 9.17) is 11.5 Å². The number of nitrogens with two attached hydrogens (primary N) is 2. The zero-order chi connectivity index (χ0) is 15.1. The molecule has 0 saturated carbocycles. The summed E-state index contributed by atoms with van der Waals surface area (Å²) in [6.07, 6.45) is 5.20. The Morgan fingerprint density at radius 1 is 1.00 bits per heavy atom. The van der Waals surface area contributed by atoms with Gasteiger partial charge < -0.3 is 26.5 Å². The molecule has 118 valence electrons. The number of hydrogen-bond acceptors (Lipinski definition) is 5. The van der Waals surface area contributed by atoms with E-state index in [-0.39, 0.29) is 5.91 Å². The monoisotopic (exact) mass is 286 g/mol. The Kier molecular flexibility index (Phi) is 13.7. The lowest BCUT2D eigenvalue weighted by atomic mass is 10.2. The summed E-state index contributed by atoms with van der Waals surface area (Å²) in [6.45, 7) is 4.63. The van der Waals surface area contributed by atoms with Crippen molar-refractivity contribution in [1.29, 1.82) is 0 Å². The maximum Gasteiger partial charge on any atom is 0.222 e. The highest BCUT2D eigenvalue weighted by molar-refractivity contribution is 5.78. The van der Waals surface area contributed by atoms with Crippen molar-refractivity contribution < 1.29 is 9.59 Å². The smallest absolute Gasteiger partial charge is 0.222 e. The molecule has 1 amide bonds. The molecule has 6 heteroatoms. The highest BCUT2D eigenvalue weighted by Crippen LogP contribution is 2.01. The van der Waals surface area contributed by atoms with E-state index >= 15 is 0 Å². The van der Waals surface area contributed by atoms with Gasteiger partial charge in [-0.1, -0.05) is 0 Å². The molecule has 0 aliphatic rings. The summed E-state index contributed by atoms with van der Waals surface area (Å²) in [5.41, 5.74) is 10.9. The molecule has 5 N–H and O–H groups in total. The average molecular weight is 286 g/mol. The molecule has 0 aromatic rings. The van der Waals surface area contributed by atoms with Crippen LogP contribution in [-0.2, 0) is 9.59 Å². The van der Waals surface area contributed by atoms with Crippen molar-refractivity contribution >= 4 is 12.2 Å². The van der Waals surface area contributed by atoms with Crippen molar-refractivity contribution in [3.05, 3.63) is 0 Å². The van der Waals surface area contributed by atoms with Crippen LogP contribution in [0.1, 0.15) is 38.5 Å². The fourth-order valence-electron chi connectivity index (χ4n) is 1.89. The second-order valence-corrected chi connectivity index (χ2v) is 4.83. The van der Waals surface area contributed by atoms with Gasteiger partial charge in [0.05, 0.1) is 0 Å². The Hall–Kier alpha value is -0.980. The number of amides is 1. The van der Waals surface area contributed by atoms with Gasteiger partial charge in [-0.2, -0.15) is 0 Å². The minimum absolute atomic E-state index is 0.0571. The number of unbranched alkanes of at least 4 members (excludes halogenated alkanes) is 1. The van der Waals surface area contributed by atoms with Crippen LogP contribution in [-0.4, -0.2) is 56.4 Å². The molecule has 6 nitrogen and oxygen atoms in total. The van der Waals surface area contributed by atoms with Gasteiger partial charge in [0.15, 0.2) is 0 Å². The maximum atomic E-state index is 11.9. The van der Waals surface area contributed by atoms with Crippen molar-refractivity contribution in [2.75, 3.05) is 39.3 Å². The third-order valence-electron chi connectivity index (χ3n) is 3.05. The SMILES string of the molecule is NCCCNCCCCN(CCCN)C(=O)CCC=O. The van der Waals surface area contributed by atoms with E-state index in [0.29, 0.717) is 32.5 Å². The summed E-state index contributed by atoms with van der Waals surface area (Å²) in [5.74, 6) is 0.0571. The number of rotatable bonds is 14. The summed E-state index contributed by atoms with van der Waals surface area (Å²) in [4.78, 5) is 24.1. The van der Waals surface area contributed by atoms with Gasteiger partial charge in [0.1, 0.15) is 6.29 Å². The number of aldehydes is 1. The molecule has 0 spiro atoms. The van der Waals surface area contributed by atoms with Gasteiger partial charge in [0.25, 0.3) is 0 Å². The molecule has 0 rings (SSSR count). The first-order valence-electron chi connectivity index (χ1n) is 7.58. The van der Waals surface area contributed by atoms with Crippen molar-refractivity contribution in [2.45, 2.75) is 38.5 Å². The first-order valence-corrected chi connectivity index (χ1v) is 7.58. The molecule has 0 aliphatic heterocycles. The summed E-state index contributed by atoms with van der Waals surface area (Å²) < 4.78 is 0. The van der Waals surface area contributed by atoms with E-state index in [0.717, 1.165) is 51.6 Å². The van der Waals surface area contributed by atoms with Crippen LogP contribution in [0.5, 0.6) is 0 Å². The Bertz CT molecular complexity index is 249. The number of carbonyl (C=O) groups excluding carboxylic acids is 2. The zero-order valence-corrected chi connectivity index (χ0v) is 12.5. The quantitative estimate of drug-likeness (QED) is 0.305. The van der Waals surface area contributed by atoms with Gasteiger partial charge in [0.2, 0.25) is 5.91 Å². The van der Waals surface area contributed by atoms with Crippen LogP contribution in [0.4, 0.5) is 0 Å². The van der Waals surface area contributed by atoms with Crippen molar-refractivity contribution in [1.82, 2.24) is 10.2 Å². The third-order valence-corrected chi connectivity index (χ3v) is 3.05. The van der Waals surface area contributed by atoms with Gasteiger partial charge in [-0.15, -0.1) is 0 Å². The van der Waals surface area contributed by atoms with Gasteiger partial charge in [-0.05, 0) is 51.9 Å². The molecule has 0 fully saturated rings. The highest BCUT2D eigenvalue weighted by Gasteiger charge is 2.11. The minimum Gasteiger partial charge on any atom is -0.343 e. The second kappa shape index (κ2) is 14.4. The van der Waals surface area contributed by atoms with E-state index in [1.54, 1.807) is 0 Å². The maximum absolute atomic E-state index is 11.9. The molecule has 0 aromatic heterocycles. The molecular formula is C14H30N4O2. The third kappa shape index (κ3) is 10.9. The molecule has 20 heavy (non-hydrogen) atoms. The molecule has 0 saturated heterocycles. The summed E-state index contributed by atoms with van der Waals surface area (Å²) in [5, 5.41) is 3.32. The van der Waals surface area contributed by atoms with E-state index in [1.165, 1.54) is 0 Å². The van der Waals surface area contributed by atoms with Crippen LogP contribution in [0.25, 0.3) is 0 Å². The van der Waals surface area contributed by atoms with Crippen LogP contribution in [0.2, 0.25) is 0 Å². The minimum atomic E-state index is 0.0571. The molecule has 0 radical (unpaired) electrons. The molecule has 0 bridgehead atoms. The fraction of sp³-hybridized carbons (Fsp3) is 0.857. The summed E-state index contributed by atoms with van der Waals surface area (Å²) in [7, 11) is 0. The first-order chi connectivity index (χ1) is 9.76. The zero-order valence-electron chi connectivity index (χ0n) is 12.5. The van der Waals surface area contributed by atoms with Crippen molar-refractivity contribution in [3.8, 4) is 0 Å². The normalized spacial score (nSPS) is 10.5. The molecule has 0 unspecified atom stereocenters. The first kappa shape index (κ1) is 19.0. The van der Waals surface area contributed by atoms with E-state index in [1.807, 2.05) is 4.90 Å². The Labute approximate surface area is 122 Å². The number of nitrogens with one attached hydrogen (secondary N) is 1. The summed E-state index contributed by atoms with van der Waals surface area (Å²) >= 11 is 0. The van der Waals surface area contributed by atoms with E-state index < -0.39 is 0 Å². The fourth-order valence-corrected chi connectivity index (χ4v) is 1.89. The molecule has 0 atom stereocenters. The average Bonchev–Trinajstić information content (AvgIpc) is 2.46. The van der Waals surface area contributed by atoms with E-state index in [9.17, 15) is 9.59 Å². The van der Waals surface area contributed by atoms with Crippen LogP contribution < -0.4 is 16.8 Å². The van der Waals surface area contributed by atoms with Gasteiger partial charge in [0, 0.05) is 25.9 Å². The van der Waals surface area contributed by atoms with Gasteiger partial charge in [-0.3, -0.25) is 4.79 Å². The van der Waals surface area contributed by atoms with Gasteiger partial charge in [-0.25, -0.2) is 0 Å². The van der Waals surface area contributed by atoms with Crippen LogP contribution >= 0.6 is 0 Å². The Morgan fingerprint density at radius 3 is 2.30 bits per heavy atom. The molecule has 0 heterocycles. The van der Waals surface area contributed by atoms with Crippen LogP contribution in [0.15, 0.2) is 0 Å². The highest BCUT2D eigenvalue weighted by atomic mass is 16.2. The summed E-state index contributed by atoms with van der Waals surface area (Å²) in [6, 6.07) is 0.